The molecule has 1 aromatic carbocycles. The molecule has 0 aromatic heterocycles. The van der Waals surface area contributed by atoms with Gasteiger partial charge in [0.2, 0.25) is 5.91 Å². The number of hydrogen-bond acceptors (Lipinski definition) is 3. The summed E-state index contributed by atoms with van der Waals surface area (Å²) >= 11 is 0. The monoisotopic (exact) mass is 250 g/mol. The minimum Gasteiger partial charge on any atom is -0.480 e. The summed E-state index contributed by atoms with van der Waals surface area (Å²) in [6, 6.07) is 8.32. The van der Waals surface area contributed by atoms with E-state index >= 15 is 0 Å². The Morgan fingerprint density at radius 2 is 1.89 bits per heavy atom. The highest BCUT2D eigenvalue weighted by molar-refractivity contribution is 5.75. The van der Waals surface area contributed by atoms with Crippen molar-refractivity contribution in [1.29, 1.82) is 0 Å². The van der Waals surface area contributed by atoms with E-state index in [0.717, 1.165) is 5.56 Å². The maximum absolute atomic E-state index is 11.1. The smallest absolute Gasteiger partial charge is 0.325 e. The first-order valence-electron chi connectivity index (χ1n) is 5.87. The van der Waals surface area contributed by atoms with E-state index in [9.17, 15) is 9.59 Å². The van der Waals surface area contributed by atoms with Crippen LogP contribution in [0.15, 0.2) is 30.3 Å². The molecule has 5 heteroatoms. The summed E-state index contributed by atoms with van der Waals surface area (Å²) in [6.45, 7) is 2.53. The number of carboxylic acid groups (broad SMARTS) is 1. The first kappa shape index (κ1) is 14.2. The van der Waals surface area contributed by atoms with Crippen LogP contribution in [0.4, 0.5) is 0 Å². The van der Waals surface area contributed by atoms with Crippen molar-refractivity contribution in [2.45, 2.75) is 19.4 Å². The van der Waals surface area contributed by atoms with E-state index in [0.29, 0.717) is 19.5 Å². The summed E-state index contributed by atoms with van der Waals surface area (Å²) in [5.41, 5.74) is 0.726. The number of hydrogen-bond donors (Lipinski definition) is 3. The lowest BCUT2D eigenvalue weighted by molar-refractivity contribution is -0.139. The fourth-order valence-corrected chi connectivity index (χ4v) is 1.59. The molecule has 0 fully saturated rings. The van der Waals surface area contributed by atoms with Crippen molar-refractivity contribution in [3.8, 4) is 0 Å². The van der Waals surface area contributed by atoms with Crippen LogP contribution in [0.5, 0.6) is 0 Å². The second-order valence-corrected chi connectivity index (χ2v) is 3.97. The summed E-state index contributed by atoms with van der Waals surface area (Å²) in [6.07, 6.45) is 0.691. The highest BCUT2D eigenvalue weighted by Gasteiger charge is 2.17. The third kappa shape index (κ3) is 4.97. The number of benzene rings is 1. The van der Waals surface area contributed by atoms with Gasteiger partial charge in [-0.1, -0.05) is 30.3 Å². The summed E-state index contributed by atoms with van der Waals surface area (Å²) in [5.74, 6) is -0.978. The molecule has 0 saturated heterocycles. The topological polar surface area (TPSA) is 78.4 Å². The standard InChI is InChI=1S/C13H18N2O3/c1-10(16)14-8-5-9-15-12(13(17)18)11-6-3-2-4-7-11/h2-4,6-7,12,15H,5,8-9H2,1H3,(H,14,16)(H,17,18). The van der Waals surface area contributed by atoms with Gasteiger partial charge in [-0.15, -0.1) is 0 Å². The highest BCUT2D eigenvalue weighted by atomic mass is 16.4. The molecule has 0 saturated carbocycles. The molecular formula is C13H18N2O3. The zero-order valence-electron chi connectivity index (χ0n) is 10.3. The second-order valence-electron chi connectivity index (χ2n) is 3.97. The molecule has 1 aromatic rings. The molecule has 0 bridgehead atoms. The van der Waals surface area contributed by atoms with Gasteiger partial charge in [0.25, 0.3) is 0 Å². The van der Waals surface area contributed by atoms with E-state index in [4.69, 9.17) is 5.11 Å². The maximum atomic E-state index is 11.1. The van der Waals surface area contributed by atoms with Crippen LogP contribution in [-0.4, -0.2) is 30.1 Å². The molecule has 18 heavy (non-hydrogen) atoms. The van der Waals surface area contributed by atoms with Gasteiger partial charge >= 0.3 is 5.97 Å². The molecule has 0 aliphatic carbocycles. The Morgan fingerprint density at radius 3 is 2.44 bits per heavy atom. The van der Waals surface area contributed by atoms with Gasteiger partial charge in [0.15, 0.2) is 0 Å². The van der Waals surface area contributed by atoms with Gasteiger partial charge in [-0.2, -0.15) is 0 Å². The zero-order valence-corrected chi connectivity index (χ0v) is 10.3. The number of carbonyl (C=O) groups is 2. The summed E-state index contributed by atoms with van der Waals surface area (Å²) in [4.78, 5) is 21.8. The summed E-state index contributed by atoms with van der Waals surface area (Å²) in [7, 11) is 0. The van der Waals surface area contributed by atoms with Crippen molar-refractivity contribution in [1.82, 2.24) is 10.6 Å². The molecule has 5 nitrogen and oxygen atoms in total. The van der Waals surface area contributed by atoms with Crippen LogP contribution in [0.3, 0.4) is 0 Å². The van der Waals surface area contributed by atoms with Crippen LogP contribution in [0, 0.1) is 0 Å². The van der Waals surface area contributed by atoms with Crippen molar-refractivity contribution < 1.29 is 14.7 Å². The van der Waals surface area contributed by atoms with Gasteiger partial charge in [-0.05, 0) is 18.5 Å². The minimum absolute atomic E-state index is 0.0761. The van der Waals surface area contributed by atoms with Crippen molar-refractivity contribution in [2.24, 2.45) is 0 Å². The lowest BCUT2D eigenvalue weighted by Crippen LogP contribution is -2.31. The molecular weight excluding hydrogens is 232 g/mol. The van der Waals surface area contributed by atoms with Gasteiger partial charge in [0.05, 0.1) is 0 Å². The van der Waals surface area contributed by atoms with Crippen LogP contribution in [0.25, 0.3) is 0 Å². The van der Waals surface area contributed by atoms with E-state index in [1.807, 2.05) is 18.2 Å². The highest BCUT2D eigenvalue weighted by Crippen LogP contribution is 2.12. The Bertz CT molecular complexity index is 392. The zero-order chi connectivity index (χ0) is 13.4. The maximum Gasteiger partial charge on any atom is 0.325 e. The first-order chi connectivity index (χ1) is 8.61. The van der Waals surface area contributed by atoms with Crippen molar-refractivity contribution >= 4 is 11.9 Å². The van der Waals surface area contributed by atoms with Crippen LogP contribution < -0.4 is 10.6 Å². The molecule has 1 amide bonds. The first-order valence-corrected chi connectivity index (χ1v) is 5.87. The van der Waals surface area contributed by atoms with Gasteiger partial charge in [0, 0.05) is 13.5 Å². The third-order valence-electron chi connectivity index (χ3n) is 2.46. The van der Waals surface area contributed by atoms with Crippen molar-refractivity contribution in [3.05, 3.63) is 35.9 Å². The predicted molar refractivity (Wildman–Crippen MR) is 68.1 cm³/mol. The van der Waals surface area contributed by atoms with Crippen LogP contribution in [0.1, 0.15) is 24.9 Å². The molecule has 0 radical (unpaired) electrons. The molecule has 1 atom stereocenters. The van der Waals surface area contributed by atoms with Crippen LogP contribution >= 0.6 is 0 Å². The Kier molecular flexibility index (Phi) is 5.87. The number of aliphatic carboxylic acids is 1. The molecule has 98 valence electrons. The summed E-state index contributed by atoms with van der Waals surface area (Å²) < 4.78 is 0. The predicted octanol–water partition coefficient (Wildman–Crippen LogP) is 0.928. The molecule has 0 aliphatic rings. The van der Waals surface area contributed by atoms with Crippen molar-refractivity contribution in [3.63, 3.8) is 0 Å². The number of carboxylic acids is 1. The molecule has 1 rings (SSSR count). The van der Waals surface area contributed by atoms with E-state index in [1.165, 1.54) is 6.92 Å². The quantitative estimate of drug-likeness (QED) is 0.629. The van der Waals surface area contributed by atoms with Gasteiger partial charge in [-0.25, -0.2) is 0 Å². The van der Waals surface area contributed by atoms with Gasteiger partial charge in [-0.3, -0.25) is 9.59 Å². The number of carbonyl (C=O) groups excluding carboxylic acids is 1. The fourth-order valence-electron chi connectivity index (χ4n) is 1.59. The second kappa shape index (κ2) is 7.45. The molecule has 3 N–H and O–H groups in total. The van der Waals surface area contributed by atoms with Crippen LogP contribution in [0.2, 0.25) is 0 Å². The van der Waals surface area contributed by atoms with E-state index < -0.39 is 12.0 Å². The van der Waals surface area contributed by atoms with E-state index in [2.05, 4.69) is 10.6 Å². The molecule has 0 aliphatic heterocycles. The lowest BCUT2D eigenvalue weighted by Gasteiger charge is -2.14. The summed E-state index contributed by atoms with van der Waals surface area (Å²) in [5, 5.41) is 14.8. The Labute approximate surface area is 106 Å². The normalized spacial score (nSPS) is 11.8. The molecule has 0 heterocycles. The average molecular weight is 250 g/mol. The Balaban J connectivity index is 2.41. The van der Waals surface area contributed by atoms with Gasteiger partial charge in [0.1, 0.15) is 6.04 Å². The molecule has 1 unspecified atom stereocenters. The number of rotatable bonds is 7. The third-order valence-corrected chi connectivity index (χ3v) is 2.46. The van der Waals surface area contributed by atoms with Crippen molar-refractivity contribution in [2.75, 3.05) is 13.1 Å². The van der Waals surface area contributed by atoms with Gasteiger partial charge < -0.3 is 15.7 Å². The average Bonchev–Trinajstić information content (AvgIpc) is 2.34. The molecule has 0 spiro atoms. The Morgan fingerprint density at radius 1 is 1.22 bits per heavy atom. The largest absolute Gasteiger partial charge is 0.480 e. The SMILES string of the molecule is CC(=O)NCCCNC(C(=O)O)c1ccccc1. The fraction of sp³-hybridized carbons (Fsp3) is 0.385. The van der Waals surface area contributed by atoms with E-state index in [-0.39, 0.29) is 5.91 Å². The Hall–Kier alpha value is -1.88. The van der Waals surface area contributed by atoms with E-state index in [1.54, 1.807) is 12.1 Å². The number of amides is 1. The van der Waals surface area contributed by atoms with Crippen LogP contribution in [-0.2, 0) is 9.59 Å². The lowest BCUT2D eigenvalue weighted by atomic mass is 10.1. The minimum atomic E-state index is -0.902. The number of nitrogens with one attached hydrogen (secondary N) is 2.